The average molecular weight is 369 g/mol. The van der Waals surface area contributed by atoms with E-state index in [0.717, 1.165) is 33.5 Å². The van der Waals surface area contributed by atoms with Crippen LogP contribution in [0.4, 0.5) is 0 Å². The number of hydrogen-bond acceptors (Lipinski definition) is 5. The number of methoxy groups -OCH3 is 1. The highest BCUT2D eigenvalue weighted by Crippen LogP contribution is 2.33. The van der Waals surface area contributed by atoms with Crippen LogP contribution in [-0.2, 0) is 4.79 Å². The Morgan fingerprint density at radius 2 is 1.92 bits per heavy atom. The molecule has 2 aromatic rings. The standard InChI is InChI=1S/C19H15NO3S2/c1-12-4-3-5-14(10-12)17(21)20-18(22)16(25-19(20)24)11-13-6-8-15(23-2)9-7-13/h3-11H,1-2H3. The number of rotatable bonds is 3. The van der Waals surface area contributed by atoms with Gasteiger partial charge in [0.15, 0.2) is 4.32 Å². The lowest BCUT2D eigenvalue weighted by Crippen LogP contribution is -2.34. The Balaban J connectivity index is 1.86. The van der Waals surface area contributed by atoms with Gasteiger partial charge in [0.05, 0.1) is 12.0 Å². The molecule has 1 aliphatic heterocycles. The predicted octanol–water partition coefficient (Wildman–Crippen LogP) is 4.05. The first-order valence-electron chi connectivity index (χ1n) is 7.52. The number of thiocarbonyl (C=S) groups is 1. The Kier molecular flexibility index (Phi) is 5.01. The van der Waals surface area contributed by atoms with Gasteiger partial charge in [-0.15, -0.1) is 0 Å². The fourth-order valence-electron chi connectivity index (χ4n) is 2.40. The molecule has 1 heterocycles. The average Bonchev–Trinajstić information content (AvgIpc) is 2.88. The minimum atomic E-state index is -0.399. The minimum Gasteiger partial charge on any atom is -0.497 e. The third kappa shape index (κ3) is 3.65. The van der Waals surface area contributed by atoms with E-state index in [1.54, 1.807) is 31.4 Å². The lowest BCUT2D eigenvalue weighted by Gasteiger charge is -2.12. The van der Waals surface area contributed by atoms with E-state index in [4.69, 9.17) is 17.0 Å². The van der Waals surface area contributed by atoms with Crippen molar-refractivity contribution in [3.8, 4) is 5.75 Å². The van der Waals surface area contributed by atoms with Crippen LogP contribution < -0.4 is 4.74 Å². The number of ether oxygens (including phenoxy) is 1. The zero-order chi connectivity index (χ0) is 18.0. The lowest BCUT2D eigenvalue weighted by molar-refractivity contribution is -0.120. The first-order chi connectivity index (χ1) is 12.0. The van der Waals surface area contributed by atoms with Crippen LogP contribution >= 0.6 is 24.0 Å². The highest BCUT2D eigenvalue weighted by atomic mass is 32.2. The largest absolute Gasteiger partial charge is 0.497 e. The fourth-order valence-corrected chi connectivity index (χ4v) is 3.66. The SMILES string of the molecule is COc1ccc(C=C2SC(=S)N(C(=O)c3cccc(C)c3)C2=O)cc1. The zero-order valence-electron chi connectivity index (χ0n) is 13.7. The summed E-state index contributed by atoms with van der Waals surface area (Å²) in [5, 5.41) is 0. The number of nitrogens with zero attached hydrogens (tertiary/aromatic N) is 1. The molecule has 1 aliphatic rings. The number of imide groups is 1. The van der Waals surface area contributed by atoms with E-state index in [0.29, 0.717) is 10.5 Å². The number of aryl methyl sites for hydroxylation is 1. The number of amides is 2. The van der Waals surface area contributed by atoms with Crippen LogP contribution in [-0.4, -0.2) is 28.1 Å². The van der Waals surface area contributed by atoms with Crippen molar-refractivity contribution in [2.24, 2.45) is 0 Å². The van der Waals surface area contributed by atoms with Crippen molar-refractivity contribution in [2.45, 2.75) is 6.92 Å². The van der Waals surface area contributed by atoms with Gasteiger partial charge < -0.3 is 4.74 Å². The second-order valence-electron chi connectivity index (χ2n) is 5.46. The molecule has 6 heteroatoms. The lowest BCUT2D eigenvalue weighted by atomic mass is 10.1. The van der Waals surface area contributed by atoms with Crippen molar-refractivity contribution < 1.29 is 14.3 Å². The fraction of sp³-hybridized carbons (Fsp3) is 0.105. The molecule has 0 aliphatic carbocycles. The molecule has 4 nitrogen and oxygen atoms in total. The maximum atomic E-state index is 12.7. The van der Waals surface area contributed by atoms with Gasteiger partial charge in [-0.3, -0.25) is 9.59 Å². The monoisotopic (exact) mass is 369 g/mol. The summed E-state index contributed by atoms with van der Waals surface area (Å²) >= 11 is 6.38. The molecular formula is C19H15NO3S2. The van der Waals surface area contributed by atoms with Crippen molar-refractivity contribution in [3.05, 3.63) is 70.1 Å². The van der Waals surface area contributed by atoms with Crippen LogP contribution in [0.15, 0.2) is 53.4 Å². The third-order valence-electron chi connectivity index (χ3n) is 3.68. The number of benzene rings is 2. The van der Waals surface area contributed by atoms with Crippen LogP contribution in [0.1, 0.15) is 21.5 Å². The van der Waals surface area contributed by atoms with Gasteiger partial charge >= 0.3 is 0 Å². The molecule has 0 unspecified atom stereocenters. The van der Waals surface area contributed by atoms with Gasteiger partial charge in [0, 0.05) is 5.56 Å². The molecule has 0 saturated carbocycles. The van der Waals surface area contributed by atoms with Crippen LogP contribution in [0.5, 0.6) is 5.75 Å². The summed E-state index contributed by atoms with van der Waals surface area (Å²) in [5.74, 6) is -0.0546. The summed E-state index contributed by atoms with van der Waals surface area (Å²) in [4.78, 5) is 26.8. The van der Waals surface area contributed by atoms with E-state index in [-0.39, 0.29) is 4.32 Å². The molecule has 2 amide bonds. The van der Waals surface area contributed by atoms with Gasteiger partial charge in [-0.2, -0.15) is 0 Å². The molecule has 0 bridgehead atoms. The molecule has 1 saturated heterocycles. The number of carbonyl (C=O) groups is 2. The normalized spacial score (nSPS) is 15.8. The van der Waals surface area contributed by atoms with E-state index in [9.17, 15) is 9.59 Å². The maximum Gasteiger partial charge on any atom is 0.273 e. The van der Waals surface area contributed by atoms with E-state index in [1.807, 2.05) is 37.3 Å². The molecule has 0 atom stereocenters. The number of thioether (sulfide) groups is 1. The summed E-state index contributed by atoms with van der Waals surface area (Å²) in [6, 6.07) is 14.4. The molecular weight excluding hydrogens is 354 g/mol. The molecule has 25 heavy (non-hydrogen) atoms. The predicted molar refractivity (Wildman–Crippen MR) is 104 cm³/mol. The quantitative estimate of drug-likeness (QED) is 0.464. The molecule has 0 aromatic heterocycles. The van der Waals surface area contributed by atoms with Gasteiger partial charge in [-0.05, 0) is 42.8 Å². The Hall–Kier alpha value is -2.44. The highest BCUT2D eigenvalue weighted by molar-refractivity contribution is 8.26. The smallest absolute Gasteiger partial charge is 0.273 e. The summed E-state index contributed by atoms with van der Waals surface area (Å²) in [6.07, 6.45) is 1.72. The summed E-state index contributed by atoms with van der Waals surface area (Å²) < 4.78 is 5.36. The van der Waals surface area contributed by atoms with Crippen molar-refractivity contribution in [1.82, 2.24) is 4.90 Å². The summed E-state index contributed by atoms with van der Waals surface area (Å²) in [7, 11) is 1.59. The molecule has 1 fully saturated rings. The molecule has 3 rings (SSSR count). The van der Waals surface area contributed by atoms with Gasteiger partial charge in [0.25, 0.3) is 11.8 Å². The topological polar surface area (TPSA) is 46.6 Å². The molecule has 0 spiro atoms. The van der Waals surface area contributed by atoms with Crippen LogP contribution in [0, 0.1) is 6.92 Å². The Morgan fingerprint density at radius 1 is 1.20 bits per heavy atom. The van der Waals surface area contributed by atoms with E-state index in [1.165, 1.54) is 0 Å². The molecule has 126 valence electrons. The van der Waals surface area contributed by atoms with Crippen molar-refractivity contribution in [3.63, 3.8) is 0 Å². The second-order valence-corrected chi connectivity index (χ2v) is 7.14. The van der Waals surface area contributed by atoms with Crippen molar-refractivity contribution in [1.29, 1.82) is 0 Å². The molecule has 0 radical (unpaired) electrons. The summed E-state index contributed by atoms with van der Waals surface area (Å²) in [5.41, 5.74) is 2.23. The maximum absolute atomic E-state index is 12.7. The minimum absolute atomic E-state index is 0.247. The summed E-state index contributed by atoms with van der Waals surface area (Å²) in [6.45, 7) is 1.89. The number of carbonyl (C=O) groups excluding carboxylic acids is 2. The van der Waals surface area contributed by atoms with E-state index in [2.05, 4.69) is 0 Å². The number of hydrogen-bond donors (Lipinski definition) is 0. The van der Waals surface area contributed by atoms with Crippen LogP contribution in [0.2, 0.25) is 0 Å². The Labute approximate surface area is 155 Å². The zero-order valence-corrected chi connectivity index (χ0v) is 15.3. The van der Waals surface area contributed by atoms with Crippen molar-refractivity contribution in [2.75, 3.05) is 7.11 Å². The van der Waals surface area contributed by atoms with Crippen LogP contribution in [0.25, 0.3) is 6.08 Å². The third-order valence-corrected chi connectivity index (χ3v) is 4.98. The highest BCUT2D eigenvalue weighted by Gasteiger charge is 2.37. The van der Waals surface area contributed by atoms with Crippen LogP contribution in [0.3, 0.4) is 0 Å². The first-order valence-corrected chi connectivity index (χ1v) is 8.75. The van der Waals surface area contributed by atoms with Gasteiger partial charge in [-0.25, -0.2) is 4.90 Å². The Morgan fingerprint density at radius 3 is 2.56 bits per heavy atom. The van der Waals surface area contributed by atoms with E-state index < -0.39 is 11.8 Å². The van der Waals surface area contributed by atoms with Crippen molar-refractivity contribution >= 4 is 46.2 Å². The second kappa shape index (κ2) is 7.21. The Bertz CT molecular complexity index is 888. The molecule has 0 N–H and O–H groups in total. The van der Waals surface area contributed by atoms with Gasteiger partial charge in [0.2, 0.25) is 0 Å². The van der Waals surface area contributed by atoms with Gasteiger partial charge in [-0.1, -0.05) is 53.8 Å². The first kappa shape index (κ1) is 17.4. The van der Waals surface area contributed by atoms with Gasteiger partial charge in [0.1, 0.15) is 5.75 Å². The molecule has 2 aromatic carbocycles. The van der Waals surface area contributed by atoms with E-state index >= 15 is 0 Å².